The molecule has 5 nitrogen and oxygen atoms in total. The topological polar surface area (TPSA) is 63.2 Å². The van der Waals surface area contributed by atoms with Crippen molar-refractivity contribution in [2.45, 2.75) is 26.4 Å². The quantitative estimate of drug-likeness (QED) is 0.713. The van der Waals surface area contributed by atoms with Crippen molar-refractivity contribution in [3.63, 3.8) is 0 Å². The van der Waals surface area contributed by atoms with Gasteiger partial charge >= 0.3 is 0 Å². The van der Waals surface area contributed by atoms with Crippen LogP contribution in [0.2, 0.25) is 0 Å². The van der Waals surface area contributed by atoms with Crippen LogP contribution in [0.3, 0.4) is 0 Å². The Balaban J connectivity index is 2.80. The van der Waals surface area contributed by atoms with Gasteiger partial charge in [0, 0.05) is 45.0 Å². The Morgan fingerprint density at radius 3 is 2.55 bits per heavy atom. The second kappa shape index (κ2) is 10.1. The van der Waals surface area contributed by atoms with Crippen LogP contribution in [0.15, 0.2) is 34.3 Å². The summed E-state index contributed by atoms with van der Waals surface area (Å²) in [5.74, 6) is 0.867. The minimum atomic E-state index is 0.176. The summed E-state index contributed by atoms with van der Waals surface area (Å²) in [6.07, 6.45) is 2.80. The summed E-state index contributed by atoms with van der Waals surface area (Å²) in [6, 6.07) is 7.86. The monoisotopic (exact) mass is 304 g/mol. The number of hydrogen-bond acceptors (Lipinski definition) is 5. The van der Waals surface area contributed by atoms with Crippen LogP contribution in [0.25, 0.3) is 0 Å². The molecule has 0 fully saturated rings. The molecule has 1 aromatic rings. The predicted octanol–water partition coefficient (Wildman–Crippen LogP) is 2.53. The van der Waals surface area contributed by atoms with E-state index in [2.05, 4.69) is 9.89 Å². The molecule has 0 aliphatic heterocycles. The lowest BCUT2D eigenvalue weighted by atomic mass is 10.2. The van der Waals surface area contributed by atoms with Crippen LogP contribution in [0, 0.1) is 0 Å². The van der Waals surface area contributed by atoms with Gasteiger partial charge in [-0.3, -0.25) is 9.89 Å². The summed E-state index contributed by atoms with van der Waals surface area (Å²) < 4.78 is 5.64. The van der Waals surface area contributed by atoms with Gasteiger partial charge in [0.1, 0.15) is 5.75 Å². The van der Waals surface area contributed by atoms with Gasteiger partial charge in [-0.1, -0.05) is 0 Å². The van der Waals surface area contributed by atoms with E-state index in [1.165, 1.54) is 0 Å². The number of rotatable bonds is 9. The average molecular weight is 304 g/mol. The largest absolute Gasteiger partial charge is 0.491 e. The number of ether oxygens (including phenoxy) is 1. The fourth-order valence-corrected chi connectivity index (χ4v) is 2.01. The van der Waals surface area contributed by atoms with Crippen LogP contribution in [0.1, 0.15) is 20.3 Å². The molecule has 5 heteroatoms. The molecule has 2 N–H and O–H groups in total. The highest BCUT2D eigenvalue weighted by atomic mass is 16.5. The molecule has 0 bridgehead atoms. The number of benzene rings is 1. The van der Waals surface area contributed by atoms with Crippen LogP contribution in [0.5, 0.6) is 5.75 Å². The highest BCUT2D eigenvalue weighted by Gasteiger charge is 2.04. The Kier molecular flexibility index (Phi) is 8.40. The first-order chi connectivity index (χ1) is 10.5. The van der Waals surface area contributed by atoms with E-state index in [0.29, 0.717) is 6.54 Å². The minimum Gasteiger partial charge on any atom is -0.491 e. The molecule has 0 saturated carbocycles. The molecule has 22 heavy (non-hydrogen) atoms. The number of nitrogens with zero attached hydrogens (tertiary/aromatic N) is 3. The first-order valence-corrected chi connectivity index (χ1v) is 7.67. The molecule has 0 unspecified atom stereocenters. The van der Waals surface area contributed by atoms with E-state index in [4.69, 9.17) is 15.5 Å². The number of nitrogens with two attached hydrogens (primary N) is 1. The number of aliphatic imine (C=N–C) groups is 2. The zero-order valence-electron chi connectivity index (χ0n) is 14.1. The summed E-state index contributed by atoms with van der Waals surface area (Å²) in [6.45, 7) is 6.31. The van der Waals surface area contributed by atoms with Crippen molar-refractivity contribution in [3.05, 3.63) is 24.3 Å². The number of likely N-dealkylation sites (N-methyl/N-ethyl adjacent to an activating group) is 1. The Morgan fingerprint density at radius 1 is 1.32 bits per heavy atom. The van der Waals surface area contributed by atoms with Crippen LogP contribution < -0.4 is 10.5 Å². The van der Waals surface area contributed by atoms with Gasteiger partial charge in [0.2, 0.25) is 0 Å². The second-order valence-electron chi connectivity index (χ2n) is 5.51. The van der Waals surface area contributed by atoms with Gasteiger partial charge in [0.15, 0.2) is 0 Å². The van der Waals surface area contributed by atoms with E-state index in [-0.39, 0.29) is 6.10 Å². The van der Waals surface area contributed by atoms with E-state index < -0.39 is 0 Å². The highest BCUT2D eigenvalue weighted by molar-refractivity contribution is 5.98. The lowest BCUT2D eigenvalue weighted by molar-refractivity contribution is 0.242. The first-order valence-electron chi connectivity index (χ1n) is 7.67. The van der Waals surface area contributed by atoms with Gasteiger partial charge in [-0.15, -0.1) is 0 Å². The third-order valence-electron chi connectivity index (χ3n) is 2.97. The smallest absolute Gasteiger partial charge is 0.119 e. The Morgan fingerprint density at radius 2 is 2.00 bits per heavy atom. The molecule has 1 rings (SSSR count). The summed E-state index contributed by atoms with van der Waals surface area (Å²) in [4.78, 5) is 10.9. The summed E-state index contributed by atoms with van der Waals surface area (Å²) in [7, 11) is 3.82. The average Bonchev–Trinajstić information content (AvgIpc) is 2.46. The number of hydrogen-bond donors (Lipinski definition) is 1. The summed E-state index contributed by atoms with van der Waals surface area (Å²) in [5.41, 5.74) is 7.59. The molecule has 0 radical (unpaired) electrons. The van der Waals surface area contributed by atoms with Crippen LogP contribution in [-0.4, -0.2) is 56.7 Å². The fraction of sp³-hybridized carbons (Fsp3) is 0.529. The zero-order chi connectivity index (χ0) is 16.4. The molecule has 0 spiro atoms. The van der Waals surface area contributed by atoms with E-state index in [1.807, 2.05) is 51.4 Å². The van der Waals surface area contributed by atoms with Crippen molar-refractivity contribution in [2.75, 3.05) is 33.7 Å². The van der Waals surface area contributed by atoms with Crippen molar-refractivity contribution in [3.8, 4) is 5.75 Å². The van der Waals surface area contributed by atoms with E-state index in [0.717, 1.165) is 36.7 Å². The third-order valence-corrected chi connectivity index (χ3v) is 2.97. The van der Waals surface area contributed by atoms with Crippen molar-refractivity contribution >= 4 is 17.6 Å². The van der Waals surface area contributed by atoms with Crippen molar-refractivity contribution in [1.82, 2.24) is 4.90 Å². The van der Waals surface area contributed by atoms with Crippen molar-refractivity contribution in [2.24, 2.45) is 15.7 Å². The van der Waals surface area contributed by atoms with Crippen molar-refractivity contribution in [1.29, 1.82) is 0 Å². The van der Waals surface area contributed by atoms with Crippen LogP contribution in [-0.2, 0) is 0 Å². The van der Waals surface area contributed by atoms with Crippen LogP contribution >= 0.6 is 0 Å². The molecule has 0 aliphatic rings. The van der Waals surface area contributed by atoms with Gasteiger partial charge in [0.25, 0.3) is 0 Å². The lowest BCUT2D eigenvalue weighted by Crippen LogP contribution is -2.30. The Labute approximate surface area is 133 Å². The molecule has 0 atom stereocenters. The highest BCUT2D eigenvalue weighted by Crippen LogP contribution is 2.19. The minimum absolute atomic E-state index is 0.176. The molecular weight excluding hydrogens is 276 g/mol. The lowest BCUT2D eigenvalue weighted by Gasteiger charge is -2.16. The first kappa shape index (κ1) is 18.3. The maximum absolute atomic E-state index is 5.64. The molecule has 0 aliphatic carbocycles. The Bertz CT molecular complexity index is 480. The van der Waals surface area contributed by atoms with Crippen LogP contribution in [0.4, 0.5) is 5.69 Å². The molecular formula is C17H28N4O. The predicted molar refractivity (Wildman–Crippen MR) is 94.9 cm³/mol. The van der Waals surface area contributed by atoms with E-state index in [1.54, 1.807) is 7.05 Å². The van der Waals surface area contributed by atoms with Gasteiger partial charge in [-0.2, -0.15) is 0 Å². The van der Waals surface area contributed by atoms with E-state index in [9.17, 15) is 0 Å². The van der Waals surface area contributed by atoms with Gasteiger partial charge in [-0.05, 0) is 45.2 Å². The molecule has 0 heterocycles. The summed E-state index contributed by atoms with van der Waals surface area (Å²) >= 11 is 0. The van der Waals surface area contributed by atoms with Crippen molar-refractivity contribution < 1.29 is 4.74 Å². The zero-order valence-corrected chi connectivity index (χ0v) is 14.1. The fourth-order valence-electron chi connectivity index (χ4n) is 2.01. The van der Waals surface area contributed by atoms with Gasteiger partial charge < -0.3 is 15.5 Å². The molecule has 0 amide bonds. The molecule has 1 aromatic carbocycles. The normalized spacial score (nSPS) is 12.6. The van der Waals surface area contributed by atoms with E-state index >= 15 is 0 Å². The SMILES string of the molecule is CN=CCC(CN(C)CCN)=Nc1ccc(OC(C)C)cc1. The van der Waals surface area contributed by atoms with Gasteiger partial charge in [-0.25, -0.2) is 0 Å². The second-order valence-corrected chi connectivity index (χ2v) is 5.51. The standard InChI is InChI=1S/C17H28N4O/c1-14(2)22-17-7-5-15(6-8-17)20-16(9-11-19-3)13-21(4)12-10-18/h5-8,11,14H,9-10,12-13,18H2,1-4H3. The summed E-state index contributed by atoms with van der Waals surface area (Å²) in [5, 5.41) is 0. The molecule has 0 aromatic heterocycles. The Hall–Kier alpha value is -1.72. The maximum atomic E-state index is 5.64. The molecule has 122 valence electrons. The third kappa shape index (κ3) is 7.33. The maximum Gasteiger partial charge on any atom is 0.119 e. The molecule has 0 saturated heterocycles. The van der Waals surface area contributed by atoms with Gasteiger partial charge in [0.05, 0.1) is 11.8 Å².